The Hall–Kier alpha value is -1.78. The lowest BCUT2D eigenvalue weighted by molar-refractivity contribution is -0.179. The fourth-order valence-electron chi connectivity index (χ4n) is 1.27. The molecule has 84 valence electrons. The molecule has 0 fully saturated rings. The Kier molecular flexibility index (Phi) is 2.46. The summed E-state index contributed by atoms with van der Waals surface area (Å²) in [5.74, 6) is -4.22. The Morgan fingerprint density at radius 2 is 1.62 bits per heavy atom. The van der Waals surface area contributed by atoms with E-state index >= 15 is 0 Å². The zero-order valence-corrected chi connectivity index (χ0v) is 7.88. The molecule has 0 radical (unpaired) electrons. The van der Waals surface area contributed by atoms with E-state index in [9.17, 15) is 17.6 Å². The van der Waals surface area contributed by atoms with Crippen molar-refractivity contribution in [2.45, 2.75) is 6.11 Å². The number of rotatable bonds is 1. The molecule has 5 heteroatoms. The molecule has 0 aliphatic carbocycles. The summed E-state index contributed by atoms with van der Waals surface area (Å²) in [4.78, 5) is 0. The van der Waals surface area contributed by atoms with Gasteiger partial charge in [-0.25, -0.2) is 4.39 Å². The van der Waals surface area contributed by atoms with Crippen molar-refractivity contribution in [3.8, 4) is 0 Å². The van der Waals surface area contributed by atoms with Crippen LogP contribution in [0.2, 0.25) is 0 Å². The maximum atomic E-state index is 12.9. The van der Waals surface area contributed by atoms with Crippen LogP contribution >= 0.6 is 0 Å². The van der Waals surface area contributed by atoms with E-state index in [4.69, 9.17) is 0 Å². The smallest absolute Gasteiger partial charge is 0.426 e. The van der Waals surface area contributed by atoms with Crippen LogP contribution in [0.4, 0.5) is 17.6 Å². The third kappa shape index (κ3) is 1.80. The van der Waals surface area contributed by atoms with E-state index < -0.39 is 23.5 Å². The van der Waals surface area contributed by atoms with E-state index in [-0.39, 0.29) is 5.56 Å². The lowest BCUT2D eigenvalue weighted by atomic mass is 10.1. The van der Waals surface area contributed by atoms with Crippen LogP contribution in [0.25, 0.3) is 5.76 Å². The standard InChI is InChI=1S/C11H6F4O/c12-8-6-9(7-4-2-1-3-5-7)16-11(14,15)10(8)13/h1-6H. The third-order valence-electron chi connectivity index (χ3n) is 2.02. The van der Waals surface area contributed by atoms with E-state index in [2.05, 4.69) is 4.74 Å². The monoisotopic (exact) mass is 230 g/mol. The van der Waals surface area contributed by atoms with Crippen LogP contribution in [0.3, 0.4) is 0 Å². The first-order valence-corrected chi connectivity index (χ1v) is 4.40. The quantitative estimate of drug-likeness (QED) is 0.666. The zero-order valence-electron chi connectivity index (χ0n) is 7.88. The van der Waals surface area contributed by atoms with Gasteiger partial charge in [0.25, 0.3) is 0 Å². The Bertz CT molecular complexity index is 462. The van der Waals surface area contributed by atoms with E-state index in [0.717, 1.165) is 0 Å². The number of hydrogen-bond acceptors (Lipinski definition) is 1. The van der Waals surface area contributed by atoms with E-state index in [0.29, 0.717) is 6.08 Å². The highest BCUT2D eigenvalue weighted by Gasteiger charge is 2.44. The first kappa shape index (κ1) is 10.7. The topological polar surface area (TPSA) is 9.23 Å². The maximum Gasteiger partial charge on any atom is 0.457 e. The maximum absolute atomic E-state index is 12.9. The number of halogens is 4. The molecule has 0 saturated heterocycles. The normalized spacial score (nSPS) is 19.1. The zero-order chi connectivity index (χ0) is 11.8. The SMILES string of the molecule is FC1=C(F)C(F)(F)OC(c2ccccc2)=C1. The van der Waals surface area contributed by atoms with Gasteiger partial charge in [0.15, 0.2) is 5.83 Å². The van der Waals surface area contributed by atoms with Crippen LogP contribution in [0.15, 0.2) is 48.1 Å². The summed E-state index contributed by atoms with van der Waals surface area (Å²) >= 11 is 0. The van der Waals surface area contributed by atoms with Gasteiger partial charge in [-0.2, -0.15) is 13.2 Å². The van der Waals surface area contributed by atoms with E-state index in [1.807, 2.05) is 0 Å². The average molecular weight is 230 g/mol. The van der Waals surface area contributed by atoms with Crippen LogP contribution < -0.4 is 0 Å². The number of hydrogen-bond donors (Lipinski definition) is 0. The van der Waals surface area contributed by atoms with Crippen LogP contribution in [0.5, 0.6) is 0 Å². The van der Waals surface area contributed by atoms with Crippen LogP contribution in [0.1, 0.15) is 5.56 Å². The molecule has 0 spiro atoms. The molecule has 0 saturated carbocycles. The molecule has 1 aliphatic rings. The van der Waals surface area contributed by atoms with Gasteiger partial charge in [-0.15, -0.1) is 0 Å². The van der Waals surface area contributed by atoms with E-state index in [1.165, 1.54) is 12.1 Å². The first-order chi connectivity index (χ1) is 7.50. The van der Waals surface area contributed by atoms with Gasteiger partial charge in [-0.3, -0.25) is 0 Å². The van der Waals surface area contributed by atoms with Crippen molar-refractivity contribution in [3.63, 3.8) is 0 Å². The number of alkyl halides is 2. The van der Waals surface area contributed by atoms with Crippen molar-refractivity contribution in [3.05, 3.63) is 53.6 Å². The average Bonchev–Trinajstić information content (AvgIpc) is 2.26. The molecule has 0 aromatic heterocycles. The third-order valence-corrected chi connectivity index (χ3v) is 2.02. The van der Waals surface area contributed by atoms with E-state index in [1.54, 1.807) is 18.2 Å². The highest BCUT2D eigenvalue weighted by Crippen LogP contribution is 2.39. The fraction of sp³-hybridized carbons (Fsp3) is 0.0909. The van der Waals surface area contributed by atoms with Gasteiger partial charge >= 0.3 is 6.11 Å². The fourth-order valence-corrected chi connectivity index (χ4v) is 1.27. The van der Waals surface area contributed by atoms with Crippen molar-refractivity contribution in [2.24, 2.45) is 0 Å². The highest BCUT2D eigenvalue weighted by molar-refractivity contribution is 5.64. The minimum atomic E-state index is -4.25. The van der Waals surface area contributed by atoms with Gasteiger partial charge in [0.05, 0.1) is 0 Å². The van der Waals surface area contributed by atoms with Gasteiger partial charge in [-0.1, -0.05) is 30.3 Å². The van der Waals surface area contributed by atoms with Crippen LogP contribution in [-0.4, -0.2) is 6.11 Å². The molecule has 2 rings (SSSR count). The molecule has 0 amide bonds. The summed E-state index contributed by atoms with van der Waals surface area (Å²) in [6.45, 7) is 0. The Balaban J connectivity index is 2.44. The van der Waals surface area contributed by atoms with Crippen molar-refractivity contribution < 1.29 is 22.3 Å². The molecule has 0 atom stereocenters. The van der Waals surface area contributed by atoms with Crippen molar-refractivity contribution >= 4 is 5.76 Å². The lowest BCUT2D eigenvalue weighted by Crippen LogP contribution is -2.24. The first-order valence-electron chi connectivity index (χ1n) is 4.40. The summed E-state index contributed by atoms with van der Waals surface area (Å²) in [6.07, 6.45) is -3.65. The predicted molar refractivity (Wildman–Crippen MR) is 49.7 cm³/mol. The van der Waals surface area contributed by atoms with Gasteiger partial charge in [-0.05, 0) is 0 Å². The molecule has 1 nitrogen and oxygen atoms in total. The molecule has 0 N–H and O–H groups in total. The predicted octanol–water partition coefficient (Wildman–Crippen LogP) is 3.80. The second-order valence-corrected chi connectivity index (χ2v) is 3.16. The second kappa shape index (κ2) is 3.66. The summed E-state index contributed by atoms with van der Waals surface area (Å²) in [6, 6.07) is 7.73. The lowest BCUT2D eigenvalue weighted by Gasteiger charge is -2.22. The van der Waals surface area contributed by atoms with Crippen LogP contribution in [0, 0.1) is 0 Å². The largest absolute Gasteiger partial charge is 0.457 e. The van der Waals surface area contributed by atoms with Crippen molar-refractivity contribution in [1.82, 2.24) is 0 Å². The summed E-state index contributed by atoms with van der Waals surface area (Å²) < 4.78 is 55.3. The molecule has 1 aliphatic heterocycles. The summed E-state index contributed by atoms with van der Waals surface area (Å²) in [7, 11) is 0. The van der Waals surface area contributed by atoms with Crippen molar-refractivity contribution in [1.29, 1.82) is 0 Å². The summed E-state index contributed by atoms with van der Waals surface area (Å²) in [5.41, 5.74) is 0.254. The molecule has 0 unspecified atom stereocenters. The Morgan fingerprint density at radius 1 is 1.00 bits per heavy atom. The van der Waals surface area contributed by atoms with Gasteiger partial charge in [0.2, 0.25) is 5.83 Å². The second-order valence-electron chi connectivity index (χ2n) is 3.16. The Labute approximate surface area is 88.6 Å². The Morgan fingerprint density at radius 3 is 2.19 bits per heavy atom. The van der Waals surface area contributed by atoms with Gasteiger partial charge in [0.1, 0.15) is 5.76 Å². The van der Waals surface area contributed by atoms with Crippen molar-refractivity contribution in [2.75, 3.05) is 0 Å². The molecular weight excluding hydrogens is 224 g/mol. The molecule has 1 heterocycles. The molecule has 1 aromatic carbocycles. The molecule has 16 heavy (non-hydrogen) atoms. The van der Waals surface area contributed by atoms with Gasteiger partial charge < -0.3 is 4.74 Å². The number of ether oxygens (including phenoxy) is 1. The molecular formula is C11H6F4O. The minimum Gasteiger partial charge on any atom is -0.426 e. The molecule has 1 aromatic rings. The number of allylic oxidation sites excluding steroid dienone is 2. The molecule has 0 bridgehead atoms. The number of benzene rings is 1. The van der Waals surface area contributed by atoms with Gasteiger partial charge in [0, 0.05) is 11.6 Å². The summed E-state index contributed by atoms with van der Waals surface area (Å²) in [5, 5.41) is 0. The highest BCUT2D eigenvalue weighted by atomic mass is 19.3. The van der Waals surface area contributed by atoms with Crippen LogP contribution in [-0.2, 0) is 4.74 Å². The minimum absolute atomic E-state index is 0.254.